The van der Waals surface area contributed by atoms with Gasteiger partial charge in [-0.15, -0.1) is 0 Å². The Hall–Kier alpha value is -2.95. The monoisotopic (exact) mass is 510 g/mol. The maximum absolute atomic E-state index is 13.2. The Kier molecular flexibility index (Phi) is 6.16. The van der Waals surface area contributed by atoms with Crippen molar-refractivity contribution in [3.8, 4) is 11.5 Å². The highest BCUT2D eigenvalue weighted by atomic mass is 127. The van der Waals surface area contributed by atoms with Crippen LogP contribution in [0.1, 0.15) is 12.5 Å². The molecule has 2 aromatic rings. The van der Waals surface area contributed by atoms with E-state index < -0.39 is 23.7 Å². The fourth-order valence-corrected chi connectivity index (χ4v) is 3.54. The number of nitrogens with one attached hydrogen (secondary N) is 1. The molecule has 1 aliphatic rings. The van der Waals surface area contributed by atoms with Crippen molar-refractivity contribution < 1.29 is 28.2 Å². The van der Waals surface area contributed by atoms with E-state index in [-0.39, 0.29) is 11.3 Å². The van der Waals surface area contributed by atoms with E-state index in [4.69, 9.17) is 9.47 Å². The van der Waals surface area contributed by atoms with Crippen LogP contribution < -0.4 is 19.7 Å². The number of hydrogen-bond acceptors (Lipinski definition) is 5. The molecule has 1 fully saturated rings. The van der Waals surface area contributed by atoms with E-state index in [0.29, 0.717) is 23.7 Å². The Morgan fingerprint density at radius 3 is 2.48 bits per heavy atom. The number of methoxy groups -OCH3 is 1. The zero-order chi connectivity index (χ0) is 21.1. The molecule has 0 spiro atoms. The Labute approximate surface area is 179 Å². The summed E-state index contributed by atoms with van der Waals surface area (Å²) in [6, 6.07) is 7.25. The van der Waals surface area contributed by atoms with Gasteiger partial charge in [-0.05, 0) is 77.6 Å². The molecular formula is C20H16FIN2O5. The molecule has 1 aliphatic heterocycles. The van der Waals surface area contributed by atoms with Gasteiger partial charge in [0.15, 0.2) is 11.5 Å². The first kappa shape index (κ1) is 20.8. The Morgan fingerprint density at radius 2 is 1.86 bits per heavy atom. The van der Waals surface area contributed by atoms with E-state index in [1.165, 1.54) is 25.3 Å². The number of carbonyl (C=O) groups is 3. The number of hydrogen-bond donors (Lipinski definition) is 1. The van der Waals surface area contributed by atoms with Crippen molar-refractivity contribution in [2.24, 2.45) is 0 Å². The maximum atomic E-state index is 13.2. The van der Waals surface area contributed by atoms with E-state index in [0.717, 1.165) is 20.6 Å². The number of benzene rings is 2. The topological polar surface area (TPSA) is 84.9 Å². The number of amides is 4. The standard InChI is InChI=1S/C20H16FIN2O5/c1-3-29-17-15(22)9-11(10-16(17)28-2)8-14-18(25)23-20(27)24(19(14)26)13-6-4-12(21)5-7-13/h4-10H,3H2,1-2H3,(H,23,25,27). The second-order valence-electron chi connectivity index (χ2n) is 5.90. The van der Waals surface area contributed by atoms with Crippen molar-refractivity contribution in [3.63, 3.8) is 0 Å². The van der Waals surface area contributed by atoms with Gasteiger partial charge < -0.3 is 9.47 Å². The van der Waals surface area contributed by atoms with Gasteiger partial charge in [-0.25, -0.2) is 14.1 Å². The van der Waals surface area contributed by atoms with E-state index in [1.807, 2.05) is 6.92 Å². The number of nitrogens with zero attached hydrogens (tertiary/aromatic N) is 1. The summed E-state index contributed by atoms with van der Waals surface area (Å²) in [6.45, 7) is 2.29. The molecule has 4 amide bonds. The lowest BCUT2D eigenvalue weighted by atomic mass is 10.1. The first-order valence-electron chi connectivity index (χ1n) is 8.53. The smallest absolute Gasteiger partial charge is 0.335 e. The number of ether oxygens (including phenoxy) is 2. The summed E-state index contributed by atoms with van der Waals surface area (Å²) in [5.74, 6) is -1.14. The summed E-state index contributed by atoms with van der Waals surface area (Å²) in [5, 5.41) is 2.13. The predicted molar refractivity (Wildman–Crippen MR) is 112 cm³/mol. The van der Waals surface area contributed by atoms with Gasteiger partial charge in [0.2, 0.25) is 0 Å². The minimum absolute atomic E-state index is 0.145. The van der Waals surface area contributed by atoms with Crippen molar-refractivity contribution in [3.05, 3.63) is 56.9 Å². The lowest BCUT2D eigenvalue weighted by Gasteiger charge is -2.26. The van der Waals surface area contributed by atoms with Crippen molar-refractivity contribution in [2.75, 3.05) is 18.6 Å². The number of imide groups is 2. The molecular weight excluding hydrogens is 494 g/mol. The first-order chi connectivity index (χ1) is 13.8. The molecule has 0 atom stereocenters. The highest BCUT2D eigenvalue weighted by Gasteiger charge is 2.36. The number of urea groups is 1. The van der Waals surface area contributed by atoms with Crippen LogP contribution in [0.5, 0.6) is 11.5 Å². The Morgan fingerprint density at radius 1 is 1.17 bits per heavy atom. The van der Waals surface area contributed by atoms with Gasteiger partial charge in [-0.1, -0.05) is 0 Å². The summed E-state index contributed by atoms with van der Waals surface area (Å²) in [7, 11) is 1.48. The van der Waals surface area contributed by atoms with Crippen molar-refractivity contribution in [2.45, 2.75) is 6.92 Å². The molecule has 0 aliphatic carbocycles. The summed E-state index contributed by atoms with van der Waals surface area (Å²) >= 11 is 2.06. The summed E-state index contributed by atoms with van der Waals surface area (Å²) < 4.78 is 24.8. The molecule has 29 heavy (non-hydrogen) atoms. The first-order valence-corrected chi connectivity index (χ1v) is 9.61. The zero-order valence-electron chi connectivity index (χ0n) is 15.5. The fraction of sp³-hybridized carbons (Fsp3) is 0.150. The minimum Gasteiger partial charge on any atom is -0.493 e. The number of carbonyl (C=O) groups excluding carboxylic acids is 3. The van der Waals surface area contributed by atoms with E-state index in [1.54, 1.807) is 12.1 Å². The molecule has 2 aromatic carbocycles. The van der Waals surface area contributed by atoms with Gasteiger partial charge >= 0.3 is 6.03 Å². The van der Waals surface area contributed by atoms with Crippen molar-refractivity contribution >= 4 is 52.2 Å². The maximum Gasteiger partial charge on any atom is 0.335 e. The van der Waals surface area contributed by atoms with Crippen LogP contribution in [-0.2, 0) is 9.59 Å². The van der Waals surface area contributed by atoms with Gasteiger partial charge in [0.25, 0.3) is 11.8 Å². The van der Waals surface area contributed by atoms with E-state index in [2.05, 4.69) is 27.9 Å². The number of barbiturate groups is 1. The van der Waals surface area contributed by atoms with Gasteiger partial charge in [-0.3, -0.25) is 14.9 Å². The van der Waals surface area contributed by atoms with Crippen LogP contribution in [0.2, 0.25) is 0 Å². The third kappa shape index (κ3) is 4.24. The van der Waals surface area contributed by atoms with Crippen LogP contribution in [0.4, 0.5) is 14.9 Å². The molecule has 1 heterocycles. The summed E-state index contributed by atoms with van der Waals surface area (Å²) in [6.07, 6.45) is 1.36. The number of halogens is 2. The van der Waals surface area contributed by atoms with Crippen LogP contribution in [0.15, 0.2) is 42.0 Å². The predicted octanol–water partition coefficient (Wildman–Crippen LogP) is 3.50. The average molecular weight is 510 g/mol. The Bertz CT molecular complexity index is 1020. The van der Waals surface area contributed by atoms with Crippen LogP contribution >= 0.6 is 22.6 Å². The van der Waals surface area contributed by atoms with Gasteiger partial charge in [-0.2, -0.15) is 0 Å². The van der Waals surface area contributed by atoms with Crippen LogP contribution in [0.3, 0.4) is 0 Å². The van der Waals surface area contributed by atoms with Crippen LogP contribution in [0, 0.1) is 9.39 Å². The Balaban J connectivity index is 2.02. The fourth-order valence-electron chi connectivity index (χ4n) is 2.76. The molecule has 0 saturated carbocycles. The lowest BCUT2D eigenvalue weighted by molar-refractivity contribution is -0.122. The minimum atomic E-state index is -0.900. The molecule has 3 rings (SSSR count). The highest BCUT2D eigenvalue weighted by molar-refractivity contribution is 14.1. The molecule has 0 unspecified atom stereocenters. The van der Waals surface area contributed by atoms with E-state index >= 15 is 0 Å². The largest absolute Gasteiger partial charge is 0.493 e. The third-order valence-electron chi connectivity index (χ3n) is 4.04. The summed E-state index contributed by atoms with van der Waals surface area (Å²) in [4.78, 5) is 38.1. The van der Waals surface area contributed by atoms with E-state index in [9.17, 15) is 18.8 Å². The second-order valence-corrected chi connectivity index (χ2v) is 7.06. The van der Waals surface area contributed by atoms with Gasteiger partial charge in [0, 0.05) is 0 Å². The molecule has 1 N–H and O–H groups in total. The quantitative estimate of drug-likeness (QED) is 0.378. The molecule has 0 aromatic heterocycles. The molecule has 1 saturated heterocycles. The van der Waals surface area contributed by atoms with Crippen molar-refractivity contribution in [1.29, 1.82) is 0 Å². The van der Waals surface area contributed by atoms with Gasteiger partial charge in [0.05, 0.1) is 23.0 Å². The van der Waals surface area contributed by atoms with Crippen molar-refractivity contribution in [1.82, 2.24) is 5.32 Å². The molecule has 7 nitrogen and oxygen atoms in total. The molecule has 150 valence electrons. The SMILES string of the molecule is CCOc1c(I)cc(C=C2C(=O)NC(=O)N(c3ccc(F)cc3)C2=O)cc1OC. The molecule has 0 radical (unpaired) electrons. The lowest BCUT2D eigenvalue weighted by Crippen LogP contribution is -2.54. The molecule has 0 bridgehead atoms. The summed E-state index contributed by atoms with van der Waals surface area (Å²) in [5.41, 5.74) is 0.420. The average Bonchev–Trinajstić information content (AvgIpc) is 2.68. The number of anilines is 1. The number of rotatable bonds is 5. The van der Waals surface area contributed by atoms with Crippen LogP contribution in [0.25, 0.3) is 6.08 Å². The highest BCUT2D eigenvalue weighted by Crippen LogP contribution is 2.35. The van der Waals surface area contributed by atoms with Gasteiger partial charge in [0.1, 0.15) is 11.4 Å². The van der Waals surface area contributed by atoms with Crippen LogP contribution in [-0.4, -0.2) is 31.6 Å². The normalized spacial score (nSPS) is 15.5. The second kappa shape index (κ2) is 8.60. The molecule has 9 heteroatoms. The third-order valence-corrected chi connectivity index (χ3v) is 4.84. The zero-order valence-corrected chi connectivity index (χ0v) is 17.7.